The molecule has 0 saturated carbocycles. The number of rotatable bonds is 9. The van der Waals surface area contributed by atoms with Crippen molar-refractivity contribution < 1.29 is 24.1 Å². The van der Waals surface area contributed by atoms with E-state index in [1.54, 1.807) is 13.2 Å². The number of nitrogen functional groups attached to an aromatic ring is 1. The molecule has 2 unspecified atom stereocenters. The molecule has 1 aliphatic heterocycles. The van der Waals surface area contributed by atoms with E-state index in [0.717, 1.165) is 50.9 Å². The third kappa shape index (κ3) is 7.30. The molecule has 0 bridgehead atoms. The standard InChI is InChI=1S/C24H31ClFN3O3.H2O/c1-31-22-14-20(27)19(25)13-18(22)24(30)28-21-10-12-29(15-23(21)32-2)11-4-3-5-16-6-8-17(26)9-7-16;/h6-9,13-14,21,23H,3-5,10-12,15,27H2,1-2H3,(H,28,30);1H2. The maximum absolute atomic E-state index is 13.0. The van der Waals surface area contributed by atoms with Crippen LogP contribution in [0.25, 0.3) is 0 Å². The van der Waals surface area contributed by atoms with Crippen LogP contribution < -0.4 is 15.8 Å². The van der Waals surface area contributed by atoms with E-state index < -0.39 is 0 Å². The largest absolute Gasteiger partial charge is 0.496 e. The van der Waals surface area contributed by atoms with Crippen molar-refractivity contribution in [2.45, 2.75) is 37.8 Å². The van der Waals surface area contributed by atoms with Crippen molar-refractivity contribution in [2.75, 3.05) is 39.6 Å². The molecule has 33 heavy (non-hydrogen) atoms. The number of nitrogens with two attached hydrogens (primary N) is 1. The first-order valence-corrected chi connectivity index (χ1v) is 11.2. The highest BCUT2D eigenvalue weighted by Gasteiger charge is 2.31. The minimum atomic E-state index is -0.261. The Morgan fingerprint density at radius 1 is 1.24 bits per heavy atom. The Kier molecular flexibility index (Phi) is 10.4. The molecule has 7 nitrogen and oxygen atoms in total. The molecule has 0 spiro atoms. The number of unbranched alkanes of at least 4 members (excludes halogenated alkanes) is 1. The molecule has 2 aromatic carbocycles. The molecule has 1 saturated heterocycles. The summed E-state index contributed by atoms with van der Waals surface area (Å²) >= 11 is 6.10. The molecule has 2 aromatic rings. The number of ether oxygens (including phenoxy) is 2. The Hall–Kier alpha value is -2.39. The number of hydrogen-bond donors (Lipinski definition) is 2. The molecule has 5 N–H and O–H groups in total. The van der Waals surface area contributed by atoms with Crippen molar-refractivity contribution in [1.82, 2.24) is 10.2 Å². The Morgan fingerprint density at radius 3 is 2.64 bits per heavy atom. The van der Waals surface area contributed by atoms with Crippen molar-refractivity contribution in [2.24, 2.45) is 0 Å². The number of piperidine rings is 1. The van der Waals surface area contributed by atoms with Crippen LogP contribution in [0.15, 0.2) is 36.4 Å². The van der Waals surface area contributed by atoms with Crippen LogP contribution in [-0.2, 0) is 11.2 Å². The number of likely N-dealkylation sites (tertiary alicyclic amines) is 1. The Bertz CT molecular complexity index is 913. The molecular formula is C24H33ClFN3O4. The molecule has 182 valence electrons. The normalized spacial score (nSPS) is 18.4. The second kappa shape index (κ2) is 12.7. The van der Waals surface area contributed by atoms with E-state index in [9.17, 15) is 9.18 Å². The van der Waals surface area contributed by atoms with Crippen LogP contribution in [0.3, 0.4) is 0 Å². The SMILES string of the molecule is COc1cc(N)c(Cl)cc1C(=O)NC1CCN(CCCCc2ccc(F)cc2)CC1OC.O. The fourth-order valence-corrected chi connectivity index (χ4v) is 4.23. The average molecular weight is 482 g/mol. The fraction of sp³-hybridized carbons (Fsp3) is 0.458. The first-order chi connectivity index (χ1) is 15.4. The molecule has 1 aliphatic rings. The first-order valence-electron chi connectivity index (χ1n) is 10.8. The summed E-state index contributed by atoms with van der Waals surface area (Å²) in [4.78, 5) is 15.2. The number of nitrogens with zero attached hydrogens (tertiary/aromatic N) is 1. The number of anilines is 1. The summed E-state index contributed by atoms with van der Waals surface area (Å²) in [6.45, 7) is 2.59. The number of nitrogens with one attached hydrogen (secondary N) is 1. The van der Waals surface area contributed by atoms with Crippen molar-refractivity contribution in [3.05, 3.63) is 58.4 Å². The van der Waals surface area contributed by atoms with Crippen LogP contribution in [-0.4, -0.2) is 62.3 Å². The van der Waals surface area contributed by atoms with Crippen LogP contribution in [0.5, 0.6) is 5.75 Å². The van der Waals surface area contributed by atoms with E-state index in [1.165, 1.54) is 25.3 Å². The first kappa shape index (κ1) is 26.9. The Labute approximate surface area is 199 Å². The summed E-state index contributed by atoms with van der Waals surface area (Å²) in [5.41, 5.74) is 7.68. The molecule has 2 atom stereocenters. The highest BCUT2D eigenvalue weighted by molar-refractivity contribution is 6.33. The molecule has 0 aliphatic carbocycles. The molecule has 0 aromatic heterocycles. The topological polar surface area (TPSA) is 108 Å². The van der Waals surface area contributed by atoms with Gasteiger partial charge in [0.2, 0.25) is 0 Å². The second-order valence-electron chi connectivity index (χ2n) is 8.10. The van der Waals surface area contributed by atoms with Gasteiger partial charge in [0, 0.05) is 26.3 Å². The van der Waals surface area contributed by atoms with E-state index in [1.807, 2.05) is 12.1 Å². The van der Waals surface area contributed by atoms with Gasteiger partial charge in [-0.05, 0) is 56.0 Å². The van der Waals surface area contributed by atoms with Gasteiger partial charge in [-0.15, -0.1) is 0 Å². The number of amides is 1. The lowest BCUT2D eigenvalue weighted by Crippen LogP contribution is -2.54. The number of carbonyl (C=O) groups excluding carboxylic acids is 1. The zero-order valence-corrected chi connectivity index (χ0v) is 19.8. The van der Waals surface area contributed by atoms with E-state index in [2.05, 4.69) is 10.2 Å². The van der Waals surface area contributed by atoms with Gasteiger partial charge in [0.15, 0.2) is 0 Å². The van der Waals surface area contributed by atoms with Gasteiger partial charge in [0.05, 0.1) is 35.5 Å². The van der Waals surface area contributed by atoms with E-state index in [0.29, 0.717) is 22.0 Å². The quantitative estimate of drug-likeness (QED) is 0.422. The van der Waals surface area contributed by atoms with Crippen LogP contribution in [0, 0.1) is 5.82 Å². The lowest BCUT2D eigenvalue weighted by atomic mass is 10.00. The van der Waals surface area contributed by atoms with Gasteiger partial charge in [-0.2, -0.15) is 0 Å². The molecule has 1 heterocycles. The van der Waals surface area contributed by atoms with Gasteiger partial charge in [-0.25, -0.2) is 4.39 Å². The Balaban J connectivity index is 0.00000385. The number of benzene rings is 2. The van der Waals surface area contributed by atoms with Gasteiger partial charge in [-0.3, -0.25) is 4.79 Å². The van der Waals surface area contributed by atoms with E-state index >= 15 is 0 Å². The molecule has 0 radical (unpaired) electrons. The average Bonchev–Trinajstić information content (AvgIpc) is 2.80. The summed E-state index contributed by atoms with van der Waals surface area (Å²) in [5, 5.41) is 3.39. The molecule has 3 rings (SSSR count). The van der Waals surface area contributed by atoms with Crippen molar-refractivity contribution in [3.8, 4) is 5.75 Å². The highest BCUT2D eigenvalue weighted by Crippen LogP contribution is 2.29. The molecule has 9 heteroatoms. The summed E-state index contributed by atoms with van der Waals surface area (Å²) in [5.74, 6) is -0.0761. The maximum atomic E-state index is 13.0. The van der Waals surface area contributed by atoms with Gasteiger partial charge in [0.1, 0.15) is 11.6 Å². The molecular weight excluding hydrogens is 449 g/mol. The van der Waals surface area contributed by atoms with Crippen LogP contribution in [0.1, 0.15) is 35.2 Å². The lowest BCUT2D eigenvalue weighted by Gasteiger charge is -2.38. The predicted octanol–water partition coefficient (Wildman–Crippen LogP) is 3.09. The zero-order chi connectivity index (χ0) is 23.1. The summed E-state index contributed by atoms with van der Waals surface area (Å²) in [6.07, 6.45) is 3.70. The monoisotopic (exact) mass is 481 g/mol. The second-order valence-corrected chi connectivity index (χ2v) is 8.51. The van der Waals surface area contributed by atoms with Gasteiger partial charge in [0.25, 0.3) is 5.91 Å². The maximum Gasteiger partial charge on any atom is 0.255 e. The van der Waals surface area contributed by atoms with Crippen LogP contribution in [0.4, 0.5) is 10.1 Å². The number of carbonyl (C=O) groups is 1. The highest BCUT2D eigenvalue weighted by atomic mass is 35.5. The van der Waals surface area contributed by atoms with Crippen LogP contribution >= 0.6 is 11.6 Å². The van der Waals surface area contributed by atoms with Crippen molar-refractivity contribution >= 4 is 23.2 Å². The molecule has 1 fully saturated rings. The lowest BCUT2D eigenvalue weighted by molar-refractivity contribution is 0.00601. The number of halogens is 2. The van der Waals surface area contributed by atoms with Gasteiger partial charge >= 0.3 is 0 Å². The summed E-state index contributed by atoms with van der Waals surface area (Å²) in [6, 6.07) is 9.67. The fourth-order valence-electron chi connectivity index (χ4n) is 4.06. The van der Waals surface area contributed by atoms with Crippen LogP contribution in [0.2, 0.25) is 5.02 Å². The van der Waals surface area contributed by atoms with Gasteiger partial charge in [-0.1, -0.05) is 23.7 Å². The molecule has 1 amide bonds. The number of methoxy groups -OCH3 is 2. The third-order valence-electron chi connectivity index (χ3n) is 5.93. The predicted molar refractivity (Wildman–Crippen MR) is 128 cm³/mol. The number of hydrogen-bond acceptors (Lipinski definition) is 5. The van der Waals surface area contributed by atoms with Crippen molar-refractivity contribution in [1.29, 1.82) is 0 Å². The van der Waals surface area contributed by atoms with Gasteiger partial charge < -0.3 is 30.9 Å². The minimum Gasteiger partial charge on any atom is -0.496 e. The Morgan fingerprint density at radius 2 is 1.97 bits per heavy atom. The third-order valence-corrected chi connectivity index (χ3v) is 6.26. The van der Waals surface area contributed by atoms with E-state index in [4.69, 9.17) is 26.8 Å². The summed E-state index contributed by atoms with van der Waals surface area (Å²) < 4.78 is 24.0. The van der Waals surface area contributed by atoms with Crippen molar-refractivity contribution in [3.63, 3.8) is 0 Å². The van der Waals surface area contributed by atoms with E-state index in [-0.39, 0.29) is 29.3 Å². The number of aryl methyl sites for hydroxylation is 1. The zero-order valence-electron chi connectivity index (χ0n) is 19.1. The minimum absolute atomic E-state index is 0. The summed E-state index contributed by atoms with van der Waals surface area (Å²) in [7, 11) is 3.16. The smallest absolute Gasteiger partial charge is 0.255 e.